The molecule has 0 saturated carbocycles. The number of benzene rings is 2. The van der Waals surface area contributed by atoms with Crippen molar-refractivity contribution in [3.63, 3.8) is 0 Å². The van der Waals surface area contributed by atoms with Crippen molar-refractivity contribution < 1.29 is 14.7 Å². The van der Waals surface area contributed by atoms with Crippen LogP contribution in [0.5, 0.6) is 5.75 Å². The summed E-state index contributed by atoms with van der Waals surface area (Å²) in [6, 6.07) is 14.4. The van der Waals surface area contributed by atoms with Crippen LogP contribution in [0.4, 0.5) is 5.69 Å². The fourth-order valence-corrected chi connectivity index (χ4v) is 4.33. The number of guanidine groups is 1. The van der Waals surface area contributed by atoms with Crippen molar-refractivity contribution in [2.45, 2.75) is 19.8 Å². The number of nitrogens with zero attached hydrogens (tertiary/aromatic N) is 4. The summed E-state index contributed by atoms with van der Waals surface area (Å²) < 4.78 is 0. The van der Waals surface area contributed by atoms with E-state index in [9.17, 15) is 14.7 Å². The van der Waals surface area contributed by atoms with Crippen molar-refractivity contribution >= 4 is 47.4 Å². The second-order valence-corrected chi connectivity index (χ2v) is 8.21. The fourth-order valence-electron chi connectivity index (χ4n) is 4.33. The van der Waals surface area contributed by atoms with Crippen LogP contribution < -0.4 is 10.2 Å². The average molecular weight is 577 g/mol. The number of piperazine rings is 1. The molecule has 34 heavy (non-hydrogen) atoms. The van der Waals surface area contributed by atoms with Gasteiger partial charge in [-0.3, -0.25) is 19.5 Å². The van der Waals surface area contributed by atoms with E-state index in [2.05, 4.69) is 22.0 Å². The van der Waals surface area contributed by atoms with Crippen LogP contribution in [0.2, 0.25) is 0 Å². The van der Waals surface area contributed by atoms with E-state index in [1.807, 2.05) is 18.2 Å². The van der Waals surface area contributed by atoms with Crippen molar-refractivity contribution in [2.75, 3.05) is 50.7 Å². The van der Waals surface area contributed by atoms with Gasteiger partial charge in [0.1, 0.15) is 5.75 Å². The predicted molar refractivity (Wildman–Crippen MR) is 144 cm³/mol. The number of hydrogen-bond donors (Lipinski definition) is 2. The van der Waals surface area contributed by atoms with Crippen LogP contribution in [-0.4, -0.2) is 78.5 Å². The highest BCUT2D eigenvalue weighted by molar-refractivity contribution is 14.0. The summed E-state index contributed by atoms with van der Waals surface area (Å²) in [5.74, 6) is 0.796. The van der Waals surface area contributed by atoms with Crippen molar-refractivity contribution in [1.29, 1.82) is 0 Å². The van der Waals surface area contributed by atoms with Crippen LogP contribution in [-0.2, 0) is 0 Å². The smallest absolute Gasteiger partial charge is 0.261 e. The summed E-state index contributed by atoms with van der Waals surface area (Å²) in [7, 11) is 0. The molecule has 2 heterocycles. The number of carbonyl (C=O) groups excluding carboxylic acids is 2. The lowest BCUT2D eigenvalue weighted by molar-refractivity contribution is 0.0652. The summed E-state index contributed by atoms with van der Waals surface area (Å²) in [6.45, 7) is 7.13. The maximum atomic E-state index is 12.5. The number of aliphatic imine (C=N–C) groups is 1. The van der Waals surface area contributed by atoms with E-state index in [1.165, 1.54) is 4.90 Å². The van der Waals surface area contributed by atoms with Gasteiger partial charge in [-0.25, -0.2) is 0 Å². The van der Waals surface area contributed by atoms with Crippen LogP contribution in [0.15, 0.2) is 53.5 Å². The number of carbonyl (C=O) groups is 2. The van der Waals surface area contributed by atoms with Gasteiger partial charge in [0, 0.05) is 45.8 Å². The molecular weight excluding hydrogens is 545 g/mol. The highest BCUT2D eigenvalue weighted by atomic mass is 127. The summed E-state index contributed by atoms with van der Waals surface area (Å²) in [5.41, 5.74) is 1.86. The average Bonchev–Trinajstić information content (AvgIpc) is 3.08. The van der Waals surface area contributed by atoms with Crippen LogP contribution in [0.1, 0.15) is 40.5 Å². The Morgan fingerprint density at radius 3 is 2.18 bits per heavy atom. The molecule has 1 fully saturated rings. The van der Waals surface area contributed by atoms with E-state index in [0.717, 1.165) is 57.2 Å². The van der Waals surface area contributed by atoms with Crippen LogP contribution in [0.25, 0.3) is 0 Å². The minimum Gasteiger partial charge on any atom is -0.506 e. The van der Waals surface area contributed by atoms with Gasteiger partial charge in [0.15, 0.2) is 5.96 Å². The Bertz CT molecular complexity index is 1000. The number of imide groups is 1. The molecule has 2 aliphatic rings. The monoisotopic (exact) mass is 577 g/mol. The minimum absolute atomic E-state index is 0. The molecule has 0 unspecified atom stereocenters. The summed E-state index contributed by atoms with van der Waals surface area (Å²) in [6.07, 6.45) is 1.51. The molecule has 8 nitrogen and oxygen atoms in total. The molecule has 0 bridgehead atoms. The molecule has 0 spiro atoms. The maximum absolute atomic E-state index is 12.5. The molecule has 182 valence electrons. The van der Waals surface area contributed by atoms with Gasteiger partial charge in [-0.2, -0.15) is 0 Å². The van der Waals surface area contributed by atoms with Gasteiger partial charge in [0.05, 0.1) is 16.8 Å². The lowest BCUT2D eigenvalue weighted by atomic mass is 10.1. The maximum Gasteiger partial charge on any atom is 0.261 e. The fraction of sp³-hybridized carbons (Fsp3) is 0.400. The van der Waals surface area contributed by atoms with E-state index < -0.39 is 0 Å². The number of fused-ring (bicyclic) bond motifs is 1. The predicted octanol–water partition coefficient (Wildman–Crippen LogP) is 3.17. The molecule has 1 saturated heterocycles. The number of rotatable bonds is 7. The number of anilines is 1. The number of hydrogen-bond acceptors (Lipinski definition) is 5. The first-order chi connectivity index (χ1) is 16.1. The number of halogens is 1. The zero-order valence-corrected chi connectivity index (χ0v) is 21.8. The summed E-state index contributed by atoms with van der Waals surface area (Å²) in [4.78, 5) is 35.5. The molecule has 0 atom stereocenters. The number of unbranched alkanes of at least 4 members (excludes halogenated alkanes) is 1. The molecule has 2 aromatic rings. The van der Waals surface area contributed by atoms with Crippen LogP contribution >= 0.6 is 24.0 Å². The SMILES string of the molecule is CCNC(=NCCCCN1C(=O)c2ccccc2C1=O)N1CCN(c2ccccc2O)CC1.I. The Balaban J connectivity index is 0.00000324. The van der Waals surface area contributed by atoms with E-state index in [4.69, 9.17) is 4.99 Å². The van der Waals surface area contributed by atoms with Gasteiger partial charge < -0.3 is 20.2 Å². The first-order valence-corrected chi connectivity index (χ1v) is 11.6. The standard InChI is InChI=1S/C25H31N5O3.HI/c1-2-26-25(29-17-15-28(16-18-29)21-11-5-6-12-22(21)31)27-13-7-8-14-30-23(32)19-9-3-4-10-20(19)24(30)33;/h3-6,9-12,31H,2,7-8,13-18H2,1H3,(H,26,27);1H. The molecule has 2 amide bonds. The Morgan fingerprint density at radius 2 is 1.56 bits per heavy atom. The van der Waals surface area contributed by atoms with Crippen LogP contribution in [0, 0.1) is 0 Å². The lowest BCUT2D eigenvalue weighted by Gasteiger charge is -2.37. The second kappa shape index (κ2) is 12.0. The van der Waals surface area contributed by atoms with Gasteiger partial charge in [0.25, 0.3) is 11.8 Å². The number of nitrogens with one attached hydrogen (secondary N) is 1. The number of para-hydroxylation sites is 2. The Labute approximate surface area is 217 Å². The normalized spacial score (nSPS) is 15.9. The van der Waals surface area contributed by atoms with E-state index in [1.54, 1.807) is 30.3 Å². The lowest BCUT2D eigenvalue weighted by Crippen LogP contribution is -2.52. The number of aromatic hydroxyl groups is 1. The zero-order valence-electron chi connectivity index (χ0n) is 19.4. The number of phenols is 1. The Morgan fingerprint density at radius 1 is 0.941 bits per heavy atom. The Kier molecular flexibility index (Phi) is 9.14. The van der Waals surface area contributed by atoms with E-state index in [-0.39, 0.29) is 35.8 Å². The van der Waals surface area contributed by atoms with Gasteiger partial charge in [-0.05, 0) is 44.0 Å². The summed E-state index contributed by atoms with van der Waals surface area (Å²) in [5, 5.41) is 13.5. The molecular formula is C25H32IN5O3. The Hall–Kier alpha value is -2.82. The topological polar surface area (TPSA) is 88.5 Å². The van der Waals surface area contributed by atoms with Crippen LogP contribution in [0.3, 0.4) is 0 Å². The third-order valence-electron chi connectivity index (χ3n) is 6.07. The largest absolute Gasteiger partial charge is 0.506 e. The van der Waals surface area contributed by atoms with Gasteiger partial charge in [-0.1, -0.05) is 24.3 Å². The molecule has 2 N–H and O–H groups in total. The van der Waals surface area contributed by atoms with Gasteiger partial charge in [-0.15, -0.1) is 24.0 Å². The summed E-state index contributed by atoms with van der Waals surface area (Å²) >= 11 is 0. The quantitative estimate of drug-likeness (QED) is 0.173. The highest BCUT2D eigenvalue weighted by Gasteiger charge is 2.34. The number of amides is 2. The molecule has 4 rings (SSSR count). The van der Waals surface area contributed by atoms with Crippen molar-refractivity contribution in [3.05, 3.63) is 59.7 Å². The highest BCUT2D eigenvalue weighted by Crippen LogP contribution is 2.27. The molecule has 2 aliphatic heterocycles. The van der Waals surface area contributed by atoms with Crippen molar-refractivity contribution in [1.82, 2.24) is 15.1 Å². The number of phenolic OH excluding ortho intramolecular Hbond substituents is 1. The molecule has 0 radical (unpaired) electrons. The third kappa shape index (κ3) is 5.63. The molecule has 0 aromatic heterocycles. The molecule has 2 aromatic carbocycles. The van der Waals surface area contributed by atoms with Crippen molar-refractivity contribution in [2.24, 2.45) is 4.99 Å². The molecule has 9 heteroatoms. The van der Waals surface area contributed by atoms with Gasteiger partial charge in [0.2, 0.25) is 0 Å². The van der Waals surface area contributed by atoms with Crippen molar-refractivity contribution in [3.8, 4) is 5.75 Å². The first-order valence-electron chi connectivity index (χ1n) is 11.6. The second-order valence-electron chi connectivity index (χ2n) is 8.21. The third-order valence-corrected chi connectivity index (χ3v) is 6.07. The minimum atomic E-state index is -0.199. The molecule has 0 aliphatic carbocycles. The van der Waals surface area contributed by atoms with Gasteiger partial charge >= 0.3 is 0 Å². The van der Waals surface area contributed by atoms with E-state index >= 15 is 0 Å². The van der Waals surface area contributed by atoms with E-state index in [0.29, 0.717) is 30.0 Å². The zero-order chi connectivity index (χ0) is 23.2. The first kappa shape index (κ1) is 25.8.